The Morgan fingerprint density at radius 2 is 1.85 bits per heavy atom. The third-order valence-corrected chi connectivity index (χ3v) is 5.18. The summed E-state index contributed by atoms with van der Waals surface area (Å²) in [4.78, 5) is 17.9. The second kappa shape index (κ2) is 9.06. The molecule has 0 atom stereocenters. The van der Waals surface area contributed by atoms with Crippen LogP contribution in [0.3, 0.4) is 0 Å². The summed E-state index contributed by atoms with van der Waals surface area (Å²) >= 11 is 0. The molecule has 2 rings (SSSR count). The highest BCUT2D eigenvalue weighted by Gasteiger charge is 2.37. The molecule has 26 heavy (non-hydrogen) atoms. The SMILES string of the molecule is CN=C(NCc1ccc(C(=O)N(C)C)cc1)NCC1(CC(C)C)CCC1. The highest BCUT2D eigenvalue weighted by molar-refractivity contribution is 5.93. The highest BCUT2D eigenvalue weighted by Crippen LogP contribution is 2.45. The van der Waals surface area contributed by atoms with E-state index in [1.54, 1.807) is 19.0 Å². The molecule has 144 valence electrons. The van der Waals surface area contributed by atoms with Crippen LogP contribution in [0.25, 0.3) is 0 Å². The van der Waals surface area contributed by atoms with Gasteiger partial charge < -0.3 is 15.5 Å². The summed E-state index contributed by atoms with van der Waals surface area (Å²) in [6, 6.07) is 7.73. The number of nitrogens with one attached hydrogen (secondary N) is 2. The Morgan fingerprint density at radius 1 is 1.19 bits per heavy atom. The first-order valence-electron chi connectivity index (χ1n) is 9.60. The van der Waals surface area contributed by atoms with Crippen molar-refractivity contribution in [3.05, 3.63) is 35.4 Å². The fourth-order valence-corrected chi connectivity index (χ4v) is 3.70. The van der Waals surface area contributed by atoms with Gasteiger partial charge in [0, 0.05) is 39.8 Å². The Labute approximate surface area is 158 Å². The van der Waals surface area contributed by atoms with Crippen molar-refractivity contribution in [1.29, 1.82) is 0 Å². The van der Waals surface area contributed by atoms with Gasteiger partial charge in [0.2, 0.25) is 0 Å². The molecule has 1 aliphatic rings. The Bertz CT molecular complexity index is 615. The van der Waals surface area contributed by atoms with E-state index >= 15 is 0 Å². The Hall–Kier alpha value is -2.04. The first-order chi connectivity index (χ1) is 12.3. The predicted molar refractivity (Wildman–Crippen MR) is 108 cm³/mol. The van der Waals surface area contributed by atoms with E-state index in [0.29, 0.717) is 17.5 Å². The molecule has 1 aliphatic carbocycles. The fourth-order valence-electron chi connectivity index (χ4n) is 3.70. The van der Waals surface area contributed by atoms with Gasteiger partial charge in [-0.25, -0.2) is 0 Å². The van der Waals surface area contributed by atoms with Crippen molar-refractivity contribution in [2.75, 3.05) is 27.7 Å². The van der Waals surface area contributed by atoms with Crippen molar-refractivity contribution in [2.45, 2.75) is 46.1 Å². The lowest BCUT2D eigenvalue weighted by Gasteiger charge is -2.43. The molecule has 1 aromatic rings. The summed E-state index contributed by atoms with van der Waals surface area (Å²) in [6.07, 6.45) is 5.25. The topological polar surface area (TPSA) is 56.7 Å². The second-order valence-corrected chi connectivity index (χ2v) is 8.13. The number of carbonyl (C=O) groups is 1. The van der Waals surface area contributed by atoms with Crippen LogP contribution in [0.15, 0.2) is 29.3 Å². The number of amides is 1. The predicted octanol–water partition coefficient (Wildman–Crippen LogP) is 3.27. The molecule has 1 fully saturated rings. The van der Waals surface area contributed by atoms with Crippen LogP contribution in [0.4, 0.5) is 0 Å². The van der Waals surface area contributed by atoms with Gasteiger partial charge in [0.25, 0.3) is 5.91 Å². The van der Waals surface area contributed by atoms with Crippen LogP contribution in [-0.2, 0) is 6.54 Å². The van der Waals surface area contributed by atoms with Crippen molar-refractivity contribution in [2.24, 2.45) is 16.3 Å². The largest absolute Gasteiger partial charge is 0.356 e. The van der Waals surface area contributed by atoms with Crippen LogP contribution in [0, 0.1) is 11.3 Å². The van der Waals surface area contributed by atoms with E-state index in [1.165, 1.54) is 25.7 Å². The number of aliphatic imine (C=N–C) groups is 1. The molecule has 0 unspecified atom stereocenters. The minimum atomic E-state index is 0.0259. The number of hydrogen-bond acceptors (Lipinski definition) is 2. The second-order valence-electron chi connectivity index (χ2n) is 8.13. The van der Waals surface area contributed by atoms with Crippen molar-refractivity contribution in [3.8, 4) is 0 Å². The molecule has 0 aromatic heterocycles. The van der Waals surface area contributed by atoms with Gasteiger partial charge in [-0.05, 0) is 48.3 Å². The zero-order valence-electron chi connectivity index (χ0n) is 16.9. The normalized spacial score (nSPS) is 16.2. The lowest BCUT2D eigenvalue weighted by atomic mass is 9.64. The monoisotopic (exact) mass is 358 g/mol. The zero-order valence-corrected chi connectivity index (χ0v) is 16.9. The number of rotatable bonds is 7. The Kier molecular flexibility index (Phi) is 7.06. The molecule has 0 saturated heterocycles. The van der Waals surface area contributed by atoms with E-state index in [1.807, 2.05) is 31.3 Å². The molecule has 1 aromatic carbocycles. The van der Waals surface area contributed by atoms with Gasteiger partial charge in [0.05, 0.1) is 0 Å². The van der Waals surface area contributed by atoms with Crippen molar-refractivity contribution < 1.29 is 4.79 Å². The van der Waals surface area contributed by atoms with E-state index in [0.717, 1.165) is 24.0 Å². The summed E-state index contributed by atoms with van der Waals surface area (Å²) < 4.78 is 0. The fraction of sp³-hybridized carbons (Fsp3) is 0.619. The number of hydrogen-bond donors (Lipinski definition) is 2. The first-order valence-corrected chi connectivity index (χ1v) is 9.60. The van der Waals surface area contributed by atoms with Gasteiger partial charge in [-0.3, -0.25) is 9.79 Å². The molecular formula is C21H34N4O. The molecule has 1 amide bonds. The molecule has 0 aliphatic heterocycles. The summed E-state index contributed by atoms with van der Waals surface area (Å²) in [5.74, 6) is 1.60. The number of carbonyl (C=O) groups excluding carboxylic acids is 1. The molecule has 1 saturated carbocycles. The van der Waals surface area contributed by atoms with Crippen LogP contribution in [0.2, 0.25) is 0 Å². The quantitative estimate of drug-likeness (QED) is 0.581. The summed E-state index contributed by atoms with van der Waals surface area (Å²) in [6.45, 7) is 6.28. The van der Waals surface area contributed by atoms with E-state index in [4.69, 9.17) is 0 Å². The van der Waals surface area contributed by atoms with Gasteiger partial charge in [0.15, 0.2) is 5.96 Å². The molecule has 2 N–H and O–H groups in total. The molecule has 5 heteroatoms. The molecule has 0 radical (unpaired) electrons. The number of nitrogens with zero attached hydrogens (tertiary/aromatic N) is 2. The molecule has 0 bridgehead atoms. The van der Waals surface area contributed by atoms with E-state index in [-0.39, 0.29) is 5.91 Å². The summed E-state index contributed by atoms with van der Waals surface area (Å²) in [7, 11) is 5.34. The highest BCUT2D eigenvalue weighted by atomic mass is 16.2. The van der Waals surface area contributed by atoms with Crippen molar-refractivity contribution >= 4 is 11.9 Å². The lowest BCUT2D eigenvalue weighted by molar-refractivity contribution is 0.0827. The van der Waals surface area contributed by atoms with Crippen molar-refractivity contribution in [1.82, 2.24) is 15.5 Å². The van der Waals surface area contributed by atoms with Crippen molar-refractivity contribution in [3.63, 3.8) is 0 Å². The minimum Gasteiger partial charge on any atom is -0.356 e. The maximum Gasteiger partial charge on any atom is 0.253 e. The maximum atomic E-state index is 11.9. The third-order valence-electron chi connectivity index (χ3n) is 5.18. The van der Waals surface area contributed by atoms with Crippen LogP contribution in [-0.4, -0.2) is 44.5 Å². The average Bonchev–Trinajstić information content (AvgIpc) is 2.58. The van der Waals surface area contributed by atoms with Crippen LogP contribution in [0.5, 0.6) is 0 Å². The van der Waals surface area contributed by atoms with Crippen LogP contribution >= 0.6 is 0 Å². The summed E-state index contributed by atoms with van der Waals surface area (Å²) in [5, 5.41) is 6.89. The van der Waals surface area contributed by atoms with Gasteiger partial charge >= 0.3 is 0 Å². The smallest absolute Gasteiger partial charge is 0.253 e. The number of benzene rings is 1. The van der Waals surface area contributed by atoms with Gasteiger partial charge in [-0.1, -0.05) is 32.4 Å². The van der Waals surface area contributed by atoms with Gasteiger partial charge in [0.1, 0.15) is 0 Å². The van der Waals surface area contributed by atoms with Gasteiger partial charge in [-0.15, -0.1) is 0 Å². The minimum absolute atomic E-state index is 0.0259. The third kappa shape index (κ3) is 5.48. The van der Waals surface area contributed by atoms with E-state index in [9.17, 15) is 4.79 Å². The molecule has 0 spiro atoms. The molecule has 0 heterocycles. The van der Waals surface area contributed by atoms with Crippen LogP contribution < -0.4 is 10.6 Å². The Balaban J connectivity index is 1.84. The lowest BCUT2D eigenvalue weighted by Crippen LogP contribution is -2.46. The molecule has 5 nitrogen and oxygen atoms in total. The zero-order chi connectivity index (χ0) is 19.2. The average molecular weight is 359 g/mol. The van der Waals surface area contributed by atoms with Gasteiger partial charge in [-0.2, -0.15) is 0 Å². The number of guanidine groups is 1. The Morgan fingerprint density at radius 3 is 2.31 bits per heavy atom. The van der Waals surface area contributed by atoms with Crippen LogP contribution in [0.1, 0.15) is 55.5 Å². The van der Waals surface area contributed by atoms with E-state index in [2.05, 4.69) is 29.5 Å². The van der Waals surface area contributed by atoms with E-state index < -0.39 is 0 Å². The first kappa shape index (κ1) is 20.3. The summed E-state index contributed by atoms with van der Waals surface area (Å²) in [5.41, 5.74) is 2.28. The standard InChI is InChI=1S/C21H34N4O/c1-16(2)13-21(11-6-12-21)15-24-20(22-3)23-14-17-7-9-18(10-8-17)19(26)25(4)5/h7-10,16H,6,11-15H2,1-5H3,(H2,22,23,24). The molecular weight excluding hydrogens is 324 g/mol. The maximum absolute atomic E-state index is 11.9.